The molecule has 0 saturated carbocycles. The molecule has 20 heavy (non-hydrogen) atoms. The number of likely N-dealkylation sites (N-methyl/N-ethyl adjacent to an activating group) is 1. The smallest absolute Gasteiger partial charge is 0.0158 e. The lowest BCUT2D eigenvalue weighted by atomic mass is 9.79. The van der Waals surface area contributed by atoms with Gasteiger partial charge in [-0.2, -0.15) is 0 Å². The SMILES string of the molecule is CCNC(Cc1ccc2ccccc2c1)C(C)(C)CC. The molecule has 1 atom stereocenters. The van der Waals surface area contributed by atoms with Crippen LogP contribution in [0.1, 0.15) is 39.7 Å². The van der Waals surface area contributed by atoms with Gasteiger partial charge in [-0.15, -0.1) is 0 Å². The Balaban J connectivity index is 2.24. The fourth-order valence-electron chi connectivity index (χ4n) is 2.72. The van der Waals surface area contributed by atoms with Crippen LogP contribution in [0.25, 0.3) is 10.8 Å². The molecule has 0 saturated heterocycles. The van der Waals surface area contributed by atoms with E-state index in [1.165, 1.54) is 22.8 Å². The molecule has 108 valence electrons. The van der Waals surface area contributed by atoms with Crippen LogP contribution >= 0.6 is 0 Å². The summed E-state index contributed by atoms with van der Waals surface area (Å²) in [6, 6.07) is 16.0. The Morgan fingerprint density at radius 3 is 2.35 bits per heavy atom. The van der Waals surface area contributed by atoms with Gasteiger partial charge >= 0.3 is 0 Å². The number of hydrogen-bond donors (Lipinski definition) is 1. The van der Waals surface area contributed by atoms with E-state index in [2.05, 4.69) is 75.5 Å². The zero-order valence-corrected chi connectivity index (χ0v) is 13.2. The van der Waals surface area contributed by atoms with Crippen molar-refractivity contribution in [1.82, 2.24) is 5.32 Å². The highest BCUT2D eigenvalue weighted by Crippen LogP contribution is 2.28. The van der Waals surface area contributed by atoms with Crippen molar-refractivity contribution in [2.45, 2.75) is 46.6 Å². The van der Waals surface area contributed by atoms with Crippen molar-refractivity contribution in [3.8, 4) is 0 Å². The molecule has 0 bridgehead atoms. The number of nitrogens with one attached hydrogen (secondary N) is 1. The summed E-state index contributed by atoms with van der Waals surface area (Å²) in [5.74, 6) is 0. The monoisotopic (exact) mass is 269 g/mol. The van der Waals surface area contributed by atoms with Crippen LogP contribution in [0.3, 0.4) is 0 Å². The molecule has 0 amide bonds. The second kappa shape index (κ2) is 6.41. The van der Waals surface area contributed by atoms with Crippen molar-refractivity contribution in [2.24, 2.45) is 5.41 Å². The van der Waals surface area contributed by atoms with Gasteiger partial charge in [0.2, 0.25) is 0 Å². The second-order valence-electron chi connectivity index (χ2n) is 6.34. The average molecular weight is 269 g/mol. The van der Waals surface area contributed by atoms with Crippen LogP contribution in [-0.4, -0.2) is 12.6 Å². The maximum absolute atomic E-state index is 3.67. The van der Waals surface area contributed by atoms with Crippen molar-refractivity contribution < 1.29 is 0 Å². The van der Waals surface area contributed by atoms with Crippen molar-refractivity contribution in [3.05, 3.63) is 48.0 Å². The molecule has 0 radical (unpaired) electrons. The molecule has 1 unspecified atom stereocenters. The van der Waals surface area contributed by atoms with Gasteiger partial charge in [-0.1, -0.05) is 70.2 Å². The van der Waals surface area contributed by atoms with Gasteiger partial charge in [0, 0.05) is 6.04 Å². The fourth-order valence-corrected chi connectivity index (χ4v) is 2.72. The highest BCUT2D eigenvalue weighted by atomic mass is 14.9. The van der Waals surface area contributed by atoms with Crippen LogP contribution in [0.15, 0.2) is 42.5 Å². The minimum atomic E-state index is 0.321. The topological polar surface area (TPSA) is 12.0 Å². The maximum Gasteiger partial charge on any atom is 0.0158 e. The molecular weight excluding hydrogens is 242 g/mol. The molecule has 0 spiro atoms. The molecule has 1 N–H and O–H groups in total. The van der Waals surface area contributed by atoms with Gasteiger partial charge in [0.1, 0.15) is 0 Å². The summed E-state index contributed by atoms with van der Waals surface area (Å²) in [6.07, 6.45) is 2.29. The Hall–Kier alpha value is -1.34. The third-order valence-electron chi connectivity index (χ3n) is 4.56. The summed E-state index contributed by atoms with van der Waals surface area (Å²) in [7, 11) is 0. The summed E-state index contributed by atoms with van der Waals surface area (Å²) in [5, 5.41) is 6.34. The van der Waals surface area contributed by atoms with E-state index in [9.17, 15) is 0 Å². The van der Waals surface area contributed by atoms with E-state index in [4.69, 9.17) is 0 Å². The summed E-state index contributed by atoms with van der Waals surface area (Å²) in [4.78, 5) is 0. The lowest BCUT2D eigenvalue weighted by Gasteiger charge is -2.34. The van der Waals surface area contributed by atoms with Crippen molar-refractivity contribution in [2.75, 3.05) is 6.54 Å². The van der Waals surface area contributed by atoms with Gasteiger partial charge in [0.25, 0.3) is 0 Å². The summed E-state index contributed by atoms with van der Waals surface area (Å²) in [5.41, 5.74) is 1.75. The van der Waals surface area contributed by atoms with Crippen LogP contribution in [0.2, 0.25) is 0 Å². The number of rotatable bonds is 6. The molecule has 2 rings (SSSR count). The van der Waals surface area contributed by atoms with Gasteiger partial charge in [0.15, 0.2) is 0 Å². The third kappa shape index (κ3) is 3.40. The van der Waals surface area contributed by atoms with E-state index < -0.39 is 0 Å². The molecule has 0 heterocycles. The first kappa shape index (κ1) is 15.1. The van der Waals surface area contributed by atoms with Crippen molar-refractivity contribution in [1.29, 1.82) is 0 Å². The Morgan fingerprint density at radius 1 is 1.00 bits per heavy atom. The molecule has 0 aliphatic rings. The predicted octanol–water partition coefficient (Wildman–Crippen LogP) is 4.80. The van der Waals surface area contributed by atoms with Gasteiger partial charge in [-0.25, -0.2) is 0 Å². The lowest BCUT2D eigenvalue weighted by molar-refractivity contribution is 0.233. The highest BCUT2D eigenvalue weighted by Gasteiger charge is 2.26. The van der Waals surface area contributed by atoms with Crippen LogP contribution in [0, 0.1) is 5.41 Å². The van der Waals surface area contributed by atoms with E-state index in [1.807, 2.05) is 0 Å². The Labute approximate surface area is 123 Å². The number of hydrogen-bond acceptors (Lipinski definition) is 1. The molecule has 0 aliphatic carbocycles. The van der Waals surface area contributed by atoms with Crippen molar-refractivity contribution in [3.63, 3.8) is 0 Å². The molecular formula is C19H27N. The highest BCUT2D eigenvalue weighted by molar-refractivity contribution is 5.82. The minimum Gasteiger partial charge on any atom is -0.313 e. The van der Waals surface area contributed by atoms with E-state index >= 15 is 0 Å². The quantitative estimate of drug-likeness (QED) is 0.794. The molecule has 1 nitrogen and oxygen atoms in total. The largest absolute Gasteiger partial charge is 0.313 e. The van der Waals surface area contributed by atoms with E-state index in [0.717, 1.165) is 13.0 Å². The molecule has 0 aliphatic heterocycles. The lowest BCUT2D eigenvalue weighted by Crippen LogP contribution is -2.43. The standard InChI is InChI=1S/C19H27N/c1-5-19(3,4)18(20-6-2)14-15-11-12-16-9-7-8-10-17(16)13-15/h7-13,18,20H,5-6,14H2,1-4H3. The summed E-state index contributed by atoms with van der Waals surface area (Å²) >= 11 is 0. The van der Waals surface area contributed by atoms with Crippen molar-refractivity contribution >= 4 is 10.8 Å². The Kier molecular flexibility index (Phi) is 4.82. The Bertz CT molecular complexity index is 556. The first-order valence-corrected chi connectivity index (χ1v) is 7.78. The zero-order chi connectivity index (χ0) is 14.6. The second-order valence-corrected chi connectivity index (χ2v) is 6.34. The number of benzene rings is 2. The molecule has 2 aromatic carbocycles. The van der Waals surface area contributed by atoms with E-state index in [-0.39, 0.29) is 0 Å². The molecule has 2 aromatic rings. The number of fused-ring (bicyclic) bond motifs is 1. The summed E-state index contributed by atoms with van der Waals surface area (Å²) < 4.78 is 0. The zero-order valence-electron chi connectivity index (χ0n) is 13.2. The van der Waals surface area contributed by atoms with Gasteiger partial charge in [0.05, 0.1) is 0 Å². The molecule has 0 fully saturated rings. The Morgan fingerprint density at radius 2 is 1.70 bits per heavy atom. The predicted molar refractivity (Wildman–Crippen MR) is 89.2 cm³/mol. The normalized spacial score (nSPS) is 13.6. The summed E-state index contributed by atoms with van der Waals surface area (Å²) in [6.45, 7) is 10.2. The first-order chi connectivity index (χ1) is 9.56. The van der Waals surface area contributed by atoms with E-state index in [0.29, 0.717) is 11.5 Å². The van der Waals surface area contributed by atoms with Crippen LogP contribution in [-0.2, 0) is 6.42 Å². The van der Waals surface area contributed by atoms with Crippen LogP contribution < -0.4 is 5.32 Å². The van der Waals surface area contributed by atoms with E-state index in [1.54, 1.807) is 0 Å². The molecule has 1 heteroatoms. The van der Waals surface area contributed by atoms with Crippen LogP contribution in [0.5, 0.6) is 0 Å². The first-order valence-electron chi connectivity index (χ1n) is 7.78. The van der Waals surface area contributed by atoms with Gasteiger partial charge < -0.3 is 5.32 Å². The van der Waals surface area contributed by atoms with Gasteiger partial charge in [-0.3, -0.25) is 0 Å². The maximum atomic E-state index is 3.67. The average Bonchev–Trinajstić information content (AvgIpc) is 2.46. The molecule has 0 aromatic heterocycles. The third-order valence-corrected chi connectivity index (χ3v) is 4.56. The fraction of sp³-hybridized carbons (Fsp3) is 0.474. The minimum absolute atomic E-state index is 0.321. The van der Waals surface area contributed by atoms with Gasteiger partial charge in [-0.05, 0) is 41.1 Å². The van der Waals surface area contributed by atoms with Crippen LogP contribution in [0.4, 0.5) is 0 Å².